The van der Waals surface area contributed by atoms with E-state index in [-0.39, 0.29) is 44.5 Å². The number of ketones is 1. The quantitative estimate of drug-likeness (QED) is 0.0156. The highest BCUT2D eigenvalue weighted by Crippen LogP contribution is 2.43. The van der Waals surface area contributed by atoms with Gasteiger partial charge in [-0.05, 0) is 64.2 Å². The van der Waals surface area contributed by atoms with Crippen molar-refractivity contribution in [1.82, 2.24) is 0 Å². The molecule has 1 fully saturated rings. The zero-order chi connectivity index (χ0) is 44.7. The molecule has 0 aliphatic heterocycles. The van der Waals surface area contributed by atoms with Crippen LogP contribution in [0.25, 0.3) is 0 Å². The van der Waals surface area contributed by atoms with Crippen molar-refractivity contribution in [2.24, 2.45) is 11.8 Å². The maximum atomic E-state index is 12.9. The summed E-state index contributed by atoms with van der Waals surface area (Å²) in [4.78, 5) is 48.4. The molecular formula is C46H81NO12P+. The number of phosphoric ester groups is 1. The number of unbranched alkanes of at least 4 members (excludes halogenated alkanes) is 8. The van der Waals surface area contributed by atoms with Gasteiger partial charge in [-0.1, -0.05) is 94.6 Å². The molecule has 4 N–H and O–H groups in total. The van der Waals surface area contributed by atoms with Crippen LogP contribution in [0.2, 0.25) is 0 Å². The van der Waals surface area contributed by atoms with E-state index in [0.29, 0.717) is 36.7 Å². The van der Waals surface area contributed by atoms with Crippen LogP contribution >= 0.6 is 7.82 Å². The first-order valence-electron chi connectivity index (χ1n) is 22.5. The lowest BCUT2D eigenvalue weighted by atomic mass is 9.87. The summed E-state index contributed by atoms with van der Waals surface area (Å²) < 4.78 is 34.1. The number of quaternary nitrogens is 1. The molecule has 1 saturated carbocycles. The second kappa shape index (κ2) is 33.1. The molecule has 0 spiro atoms. The summed E-state index contributed by atoms with van der Waals surface area (Å²) in [6, 6.07) is 0. The lowest BCUT2D eigenvalue weighted by Gasteiger charge is -2.24. The lowest BCUT2D eigenvalue weighted by molar-refractivity contribution is -0.870. The van der Waals surface area contributed by atoms with Gasteiger partial charge >= 0.3 is 19.8 Å². The number of esters is 2. The summed E-state index contributed by atoms with van der Waals surface area (Å²) in [7, 11) is 1.24. The van der Waals surface area contributed by atoms with E-state index in [2.05, 4.69) is 50.3 Å². The molecule has 1 rings (SSSR count). The van der Waals surface area contributed by atoms with Crippen LogP contribution in [0.5, 0.6) is 0 Å². The van der Waals surface area contributed by atoms with Gasteiger partial charge in [0.05, 0.1) is 46.1 Å². The van der Waals surface area contributed by atoms with E-state index < -0.39 is 69.2 Å². The molecule has 13 nitrogen and oxygen atoms in total. The van der Waals surface area contributed by atoms with Crippen LogP contribution in [0, 0.1) is 11.8 Å². The molecule has 0 aromatic carbocycles. The molecule has 0 aromatic heterocycles. The van der Waals surface area contributed by atoms with E-state index in [1.807, 2.05) is 21.1 Å². The summed E-state index contributed by atoms with van der Waals surface area (Å²) in [5, 5.41) is 31.3. The molecule has 60 heavy (non-hydrogen) atoms. The zero-order valence-electron chi connectivity index (χ0n) is 37.5. The average molecular weight is 871 g/mol. The normalized spacial score (nSPS) is 20.7. The van der Waals surface area contributed by atoms with Gasteiger partial charge in [0.15, 0.2) is 6.10 Å². The predicted molar refractivity (Wildman–Crippen MR) is 236 cm³/mol. The summed E-state index contributed by atoms with van der Waals surface area (Å²) in [6.07, 6.45) is 26.6. The first-order chi connectivity index (χ1) is 28.6. The molecule has 1 aliphatic rings. The number of ether oxygens (including phenoxy) is 2. The first kappa shape index (κ1) is 55.5. The highest BCUT2D eigenvalue weighted by Gasteiger charge is 2.41. The summed E-state index contributed by atoms with van der Waals surface area (Å²) in [5.74, 6) is -2.12. The molecule has 7 atom stereocenters. The zero-order valence-corrected chi connectivity index (χ0v) is 38.4. The number of phosphoric acid groups is 1. The van der Waals surface area contributed by atoms with Gasteiger partial charge in [0, 0.05) is 43.9 Å². The van der Waals surface area contributed by atoms with E-state index in [1.54, 1.807) is 12.2 Å². The van der Waals surface area contributed by atoms with E-state index in [4.69, 9.17) is 18.5 Å². The van der Waals surface area contributed by atoms with Crippen LogP contribution in [-0.4, -0.2) is 114 Å². The number of nitrogens with zero attached hydrogens (tertiary/aromatic N) is 1. The highest BCUT2D eigenvalue weighted by molar-refractivity contribution is 7.47. The van der Waals surface area contributed by atoms with Gasteiger partial charge in [0.2, 0.25) is 0 Å². The Kier molecular flexibility index (Phi) is 30.7. The van der Waals surface area contributed by atoms with Crippen molar-refractivity contribution in [1.29, 1.82) is 0 Å². The molecule has 346 valence electrons. The summed E-state index contributed by atoms with van der Waals surface area (Å²) in [6.45, 7) is 3.79. The third-order valence-corrected chi connectivity index (χ3v) is 11.3. The summed E-state index contributed by atoms with van der Waals surface area (Å²) in [5.41, 5.74) is 0. The van der Waals surface area contributed by atoms with Crippen molar-refractivity contribution in [2.75, 3.05) is 47.5 Å². The van der Waals surface area contributed by atoms with Gasteiger partial charge in [-0.15, -0.1) is 0 Å². The number of carbonyl (C=O) groups is 3. The Hall–Kier alpha value is -2.48. The number of carbonyl (C=O) groups excluding carboxylic acids is 3. The Morgan fingerprint density at radius 3 is 1.98 bits per heavy atom. The van der Waals surface area contributed by atoms with Gasteiger partial charge in [0.1, 0.15) is 25.5 Å². The maximum Gasteiger partial charge on any atom is 0.472 e. The topological polar surface area (TPSA) is 186 Å². The Morgan fingerprint density at radius 1 is 0.750 bits per heavy atom. The van der Waals surface area contributed by atoms with Crippen LogP contribution in [0.15, 0.2) is 48.6 Å². The van der Waals surface area contributed by atoms with Crippen molar-refractivity contribution >= 4 is 25.5 Å². The molecule has 1 unspecified atom stereocenters. The van der Waals surface area contributed by atoms with Crippen molar-refractivity contribution in [2.45, 2.75) is 167 Å². The third-order valence-electron chi connectivity index (χ3n) is 10.3. The van der Waals surface area contributed by atoms with Crippen LogP contribution in [0.1, 0.15) is 142 Å². The maximum absolute atomic E-state index is 12.9. The van der Waals surface area contributed by atoms with Crippen molar-refractivity contribution in [3.8, 4) is 0 Å². The van der Waals surface area contributed by atoms with Crippen LogP contribution in [-0.2, 0) is 37.5 Å². The van der Waals surface area contributed by atoms with E-state index >= 15 is 0 Å². The second-order valence-corrected chi connectivity index (χ2v) is 18.5. The number of aliphatic hydroxyl groups is 3. The monoisotopic (exact) mass is 871 g/mol. The number of aliphatic hydroxyl groups excluding tert-OH is 3. The van der Waals surface area contributed by atoms with E-state index in [9.17, 15) is 39.2 Å². The number of rotatable bonds is 36. The molecule has 0 radical (unpaired) electrons. The molecule has 0 heterocycles. The largest absolute Gasteiger partial charge is 0.472 e. The van der Waals surface area contributed by atoms with Crippen LogP contribution in [0.4, 0.5) is 0 Å². The minimum atomic E-state index is -4.48. The standard InChI is InChI=1S/C46H80NO12P/c1-6-8-10-11-12-13-14-15-16-17-18-19-20-21-23-29-46(53)59-40(37-58-60(54,55)57-33-32-47(3,4)5)36-56-45(52)28-25-24-27-39(49)34-42-41(43(50)35-44(42)51)31-30-38(48)26-22-9-7-2/h12-13,15-16,18-19,30-31,38,40-44,48,50-51H,6-11,14,17,20-29,32-37H2,1-5H3/p+1/b13-12-,16-15-,19-18-,31-30+/t38-,40+,41+,42+,43+,44-/m0/s1. The molecular weight excluding hydrogens is 789 g/mol. The Bertz CT molecular complexity index is 1340. The molecule has 0 amide bonds. The molecule has 14 heteroatoms. The van der Waals surface area contributed by atoms with Gasteiger partial charge in [0.25, 0.3) is 0 Å². The number of hydrogen-bond acceptors (Lipinski definition) is 11. The fourth-order valence-corrected chi connectivity index (χ4v) is 7.40. The molecule has 0 bridgehead atoms. The Balaban J connectivity index is 2.55. The van der Waals surface area contributed by atoms with Crippen molar-refractivity contribution in [3.63, 3.8) is 0 Å². The molecule has 0 saturated heterocycles. The SMILES string of the molecule is CCCCC/C=C\C/C=C\C/C=C\CCCCC(=O)O[C@H](COC(=O)CCCCC(=O)C[C@@H]1[C@@H](/C=C/[C@@H](O)CCCCC)[C@H](O)C[C@@H]1O)COP(=O)(O)OCC[N+](C)(C)C. The third kappa shape index (κ3) is 29.7. The van der Waals surface area contributed by atoms with Crippen LogP contribution < -0.4 is 0 Å². The Morgan fingerprint density at radius 2 is 1.33 bits per heavy atom. The Labute approximate surface area is 361 Å². The highest BCUT2D eigenvalue weighted by atomic mass is 31.2. The second-order valence-electron chi connectivity index (χ2n) is 17.0. The van der Waals surface area contributed by atoms with Crippen LogP contribution in [0.3, 0.4) is 0 Å². The van der Waals surface area contributed by atoms with Crippen molar-refractivity contribution < 1.29 is 62.2 Å². The van der Waals surface area contributed by atoms with Gasteiger partial charge < -0.3 is 34.2 Å². The number of Topliss-reactive ketones (excluding diaryl/α,β-unsaturated/α-hetero) is 1. The van der Waals surface area contributed by atoms with Gasteiger partial charge in [-0.2, -0.15) is 0 Å². The number of hydrogen-bond donors (Lipinski definition) is 4. The molecule has 0 aromatic rings. The molecule has 1 aliphatic carbocycles. The van der Waals surface area contributed by atoms with Crippen molar-refractivity contribution in [3.05, 3.63) is 48.6 Å². The lowest BCUT2D eigenvalue weighted by Crippen LogP contribution is -2.37. The fourth-order valence-electron chi connectivity index (χ4n) is 6.66. The minimum Gasteiger partial charge on any atom is -0.462 e. The minimum absolute atomic E-state index is 0.00695. The average Bonchev–Trinajstić information content (AvgIpc) is 3.44. The summed E-state index contributed by atoms with van der Waals surface area (Å²) >= 11 is 0. The first-order valence-corrected chi connectivity index (χ1v) is 24.0. The number of likely N-dealkylation sites (N-methyl/N-ethyl adjacent to an activating group) is 1. The number of allylic oxidation sites excluding steroid dienone is 6. The smallest absolute Gasteiger partial charge is 0.462 e. The predicted octanol–water partition coefficient (Wildman–Crippen LogP) is 8.25. The van der Waals surface area contributed by atoms with Gasteiger partial charge in [-0.25, -0.2) is 4.57 Å². The fraction of sp³-hybridized carbons (Fsp3) is 0.761. The van der Waals surface area contributed by atoms with E-state index in [0.717, 1.165) is 51.4 Å². The van der Waals surface area contributed by atoms with E-state index in [1.165, 1.54) is 19.3 Å². The van der Waals surface area contributed by atoms with Gasteiger partial charge in [-0.3, -0.25) is 23.4 Å².